The summed E-state index contributed by atoms with van der Waals surface area (Å²) in [5.41, 5.74) is -1.50. The highest BCUT2D eigenvalue weighted by molar-refractivity contribution is 6.30. The summed E-state index contributed by atoms with van der Waals surface area (Å²) in [5.74, 6) is -2.42. The fourth-order valence-corrected chi connectivity index (χ4v) is 2.58. The van der Waals surface area contributed by atoms with Crippen LogP contribution >= 0.6 is 11.6 Å². The quantitative estimate of drug-likeness (QED) is 0.419. The number of rotatable bonds is 11. The van der Waals surface area contributed by atoms with Crippen molar-refractivity contribution >= 4 is 23.4 Å². The van der Waals surface area contributed by atoms with E-state index < -0.39 is 42.1 Å². The second-order valence-electron chi connectivity index (χ2n) is 6.77. The first-order chi connectivity index (χ1) is 15.5. The molecule has 180 valence electrons. The summed E-state index contributed by atoms with van der Waals surface area (Å²) in [6.07, 6.45) is -5.75. The maximum absolute atomic E-state index is 13.2. The zero-order valence-electron chi connectivity index (χ0n) is 17.1. The molecule has 0 saturated heterocycles. The molecule has 2 aromatic rings. The van der Waals surface area contributed by atoms with Crippen LogP contribution < -0.4 is 20.1 Å². The molecule has 0 saturated carbocycles. The molecule has 0 bridgehead atoms. The average molecular weight is 493 g/mol. The summed E-state index contributed by atoms with van der Waals surface area (Å²) in [7, 11) is 0. The monoisotopic (exact) mass is 492 g/mol. The molecular formula is C21H21ClF4N2O5. The van der Waals surface area contributed by atoms with E-state index in [9.17, 15) is 32.3 Å². The van der Waals surface area contributed by atoms with Crippen molar-refractivity contribution in [1.82, 2.24) is 10.6 Å². The average Bonchev–Trinajstić information content (AvgIpc) is 2.76. The van der Waals surface area contributed by atoms with E-state index in [1.54, 1.807) is 24.3 Å². The van der Waals surface area contributed by atoms with Crippen molar-refractivity contribution in [3.63, 3.8) is 0 Å². The Bertz CT molecular complexity index is 941. The molecule has 2 rings (SSSR count). The van der Waals surface area contributed by atoms with Crippen LogP contribution in [-0.4, -0.2) is 49.3 Å². The van der Waals surface area contributed by atoms with Gasteiger partial charge in [-0.1, -0.05) is 11.6 Å². The first-order valence-electron chi connectivity index (χ1n) is 9.64. The number of halogens is 5. The van der Waals surface area contributed by atoms with Crippen molar-refractivity contribution in [2.75, 3.05) is 26.3 Å². The van der Waals surface area contributed by atoms with Crippen molar-refractivity contribution in [2.24, 2.45) is 0 Å². The zero-order chi connectivity index (χ0) is 24.4. The molecule has 7 nitrogen and oxygen atoms in total. The lowest BCUT2D eigenvalue weighted by Crippen LogP contribution is -2.37. The first-order valence-corrected chi connectivity index (χ1v) is 10.0. The fourth-order valence-electron chi connectivity index (χ4n) is 2.45. The van der Waals surface area contributed by atoms with Gasteiger partial charge in [-0.25, -0.2) is 4.39 Å². The highest BCUT2D eigenvalue weighted by atomic mass is 35.5. The number of benzene rings is 2. The zero-order valence-corrected chi connectivity index (χ0v) is 17.9. The molecule has 0 aromatic heterocycles. The first kappa shape index (κ1) is 26.2. The molecular weight excluding hydrogens is 472 g/mol. The van der Waals surface area contributed by atoms with E-state index in [2.05, 4.69) is 10.6 Å². The highest BCUT2D eigenvalue weighted by Crippen LogP contribution is 2.33. The summed E-state index contributed by atoms with van der Waals surface area (Å²) in [4.78, 5) is 23.5. The van der Waals surface area contributed by atoms with Gasteiger partial charge in [0.05, 0.1) is 11.7 Å². The van der Waals surface area contributed by atoms with Gasteiger partial charge >= 0.3 is 6.18 Å². The van der Waals surface area contributed by atoms with Crippen molar-refractivity contribution < 1.29 is 41.7 Å². The maximum atomic E-state index is 13.2. The van der Waals surface area contributed by atoms with Crippen LogP contribution in [0.1, 0.15) is 12.0 Å². The molecule has 3 N–H and O–H groups in total. The molecule has 0 unspecified atom stereocenters. The lowest BCUT2D eigenvalue weighted by Gasteiger charge is -2.13. The number of carbonyl (C=O) groups is 2. The van der Waals surface area contributed by atoms with Gasteiger partial charge in [-0.3, -0.25) is 9.59 Å². The van der Waals surface area contributed by atoms with E-state index in [-0.39, 0.29) is 31.9 Å². The predicted molar refractivity (Wildman–Crippen MR) is 110 cm³/mol. The summed E-state index contributed by atoms with van der Waals surface area (Å²) >= 11 is 5.75. The molecule has 33 heavy (non-hydrogen) atoms. The molecule has 0 heterocycles. The van der Waals surface area contributed by atoms with Crippen molar-refractivity contribution in [2.45, 2.75) is 18.7 Å². The minimum absolute atomic E-state index is 0.0255. The van der Waals surface area contributed by atoms with Crippen LogP contribution in [0.3, 0.4) is 0 Å². The smallest absolute Gasteiger partial charge is 0.419 e. The summed E-state index contributed by atoms with van der Waals surface area (Å²) in [6.45, 7) is -0.914. The molecule has 0 fully saturated rings. The molecule has 2 amide bonds. The van der Waals surface area contributed by atoms with Crippen LogP contribution in [0.5, 0.6) is 11.5 Å². The number of aliphatic hydroxyl groups excluding tert-OH is 1. The standard InChI is InChI=1S/C21H21ClF4N2O5/c22-13-1-3-15(4-2-13)32-12-20(31)28-10-14(29)7-8-27-19(30)11-33-16-5-6-18(23)17(9-16)21(24,25)26/h1-6,9,14,29H,7-8,10-12H2,(H,27,30)(H,28,31)/t14-/m0/s1. The van der Waals surface area contributed by atoms with Gasteiger partial charge in [-0.15, -0.1) is 0 Å². The molecule has 2 aromatic carbocycles. The number of alkyl halides is 3. The van der Waals surface area contributed by atoms with Gasteiger partial charge in [0.2, 0.25) is 0 Å². The number of hydrogen-bond acceptors (Lipinski definition) is 5. The molecule has 0 aliphatic rings. The highest BCUT2D eigenvalue weighted by Gasteiger charge is 2.34. The minimum Gasteiger partial charge on any atom is -0.484 e. The van der Waals surface area contributed by atoms with Crippen molar-refractivity contribution in [3.8, 4) is 11.5 Å². The SMILES string of the molecule is O=C(COc1ccc(F)c(C(F)(F)F)c1)NCC[C@H](O)CNC(=O)COc1ccc(Cl)cc1. The second-order valence-corrected chi connectivity index (χ2v) is 7.20. The number of carbonyl (C=O) groups excluding carboxylic acids is 2. The topological polar surface area (TPSA) is 96.9 Å². The third kappa shape index (κ3) is 9.54. The number of nitrogens with one attached hydrogen (secondary N) is 2. The Kier molecular flexibility index (Phi) is 9.74. The van der Waals surface area contributed by atoms with E-state index in [1.807, 2.05) is 0 Å². The van der Waals surface area contributed by atoms with Gasteiger partial charge < -0.3 is 25.2 Å². The van der Waals surface area contributed by atoms with E-state index in [0.29, 0.717) is 22.9 Å². The number of hydrogen-bond donors (Lipinski definition) is 3. The van der Waals surface area contributed by atoms with Crippen LogP contribution in [0.2, 0.25) is 5.02 Å². The van der Waals surface area contributed by atoms with E-state index in [4.69, 9.17) is 21.1 Å². The molecule has 1 atom stereocenters. The molecule has 0 radical (unpaired) electrons. The normalized spacial score (nSPS) is 12.1. The molecule has 0 aliphatic heterocycles. The van der Waals surface area contributed by atoms with E-state index in [1.165, 1.54) is 0 Å². The van der Waals surface area contributed by atoms with Crippen LogP contribution in [0, 0.1) is 5.82 Å². The Balaban J connectivity index is 1.62. The van der Waals surface area contributed by atoms with Crippen LogP contribution in [0.4, 0.5) is 17.6 Å². The predicted octanol–water partition coefficient (Wildman–Crippen LogP) is 2.94. The van der Waals surface area contributed by atoms with Crippen molar-refractivity contribution in [1.29, 1.82) is 0 Å². The third-order valence-electron chi connectivity index (χ3n) is 4.13. The van der Waals surface area contributed by atoms with E-state index >= 15 is 0 Å². The van der Waals surface area contributed by atoms with Gasteiger partial charge in [0, 0.05) is 18.1 Å². The van der Waals surface area contributed by atoms with Crippen LogP contribution in [0.25, 0.3) is 0 Å². The molecule has 12 heteroatoms. The van der Waals surface area contributed by atoms with Gasteiger partial charge in [0.1, 0.15) is 17.3 Å². The largest absolute Gasteiger partial charge is 0.484 e. The van der Waals surface area contributed by atoms with E-state index in [0.717, 1.165) is 6.07 Å². The fraction of sp³-hybridized carbons (Fsp3) is 0.333. The maximum Gasteiger partial charge on any atom is 0.419 e. The Morgan fingerprint density at radius 1 is 0.970 bits per heavy atom. The minimum atomic E-state index is -4.89. The van der Waals surface area contributed by atoms with Gasteiger partial charge in [-0.05, 0) is 48.9 Å². The Morgan fingerprint density at radius 3 is 2.18 bits per heavy atom. The Morgan fingerprint density at radius 2 is 1.55 bits per heavy atom. The lowest BCUT2D eigenvalue weighted by atomic mass is 10.2. The Labute approximate surface area is 191 Å². The third-order valence-corrected chi connectivity index (χ3v) is 4.38. The van der Waals surface area contributed by atoms with Gasteiger partial charge in [0.25, 0.3) is 11.8 Å². The Hall–Kier alpha value is -3.05. The number of aliphatic hydroxyl groups is 1. The summed E-state index contributed by atoms with van der Waals surface area (Å²) in [6, 6.07) is 8.45. The molecule has 0 aliphatic carbocycles. The van der Waals surface area contributed by atoms with Gasteiger partial charge in [0.15, 0.2) is 13.2 Å². The number of ether oxygens (including phenoxy) is 2. The summed E-state index contributed by atoms with van der Waals surface area (Å²) in [5, 5.41) is 15.3. The number of amides is 2. The summed E-state index contributed by atoms with van der Waals surface area (Å²) < 4.78 is 61.5. The van der Waals surface area contributed by atoms with Gasteiger partial charge in [-0.2, -0.15) is 13.2 Å². The van der Waals surface area contributed by atoms with Crippen LogP contribution in [0.15, 0.2) is 42.5 Å². The lowest BCUT2D eigenvalue weighted by molar-refractivity contribution is -0.140. The van der Waals surface area contributed by atoms with Crippen molar-refractivity contribution in [3.05, 3.63) is 58.9 Å². The second kappa shape index (κ2) is 12.3. The molecule has 0 spiro atoms. The van der Waals surface area contributed by atoms with Crippen LogP contribution in [-0.2, 0) is 15.8 Å².